The predicted molar refractivity (Wildman–Crippen MR) is 113 cm³/mol. The molecule has 1 N–H and O–H groups in total. The van der Waals surface area contributed by atoms with E-state index in [0.717, 1.165) is 32.7 Å². The molecular formula is C22H25ClFN3O. The molecule has 0 saturated carbocycles. The van der Waals surface area contributed by atoms with E-state index >= 15 is 0 Å². The number of piperazine rings is 1. The van der Waals surface area contributed by atoms with Crippen LogP contribution in [0.15, 0.2) is 54.6 Å². The number of nitrogens with zero attached hydrogens (tertiary/aromatic N) is 2. The maximum atomic E-state index is 13.9. The summed E-state index contributed by atoms with van der Waals surface area (Å²) in [5.74, 6) is -0.735. The van der Waals surface area contributed by atoms with E-state index in [9.17, 15) is 9.18 Å². The van der Waals surface area contributed by atoms with Crippen LogP contribution in [0.1, 0.15) is 12.5 Å². The summed E-state index contributed by atoms with van der Waals surface area (Å²) < 4.78 is 13.9. The monoisotopic (exact) mass is 401 g/mol. The summed E-state index contributed by atoms with van der Waals surface area (Å²) in [6.07, 6.45) is 4.30. The molecule has 0 radical (unpaired) electrons. The van der Waals surface area contributed by atoms with E-state index < -0.39 is 5.82 Å². The minimum atomic E-state index is -0.525. The Kier molecular flexibility index (Phi) is 7.20. The van der Waals surface area contributed by atoms with Gasteiger partial charge in [0.25, 0.3) is 0 Å². The minimum Gasteiger partial charge on any atom is -0.322 e. The second-order valence-electron chi connectivity index (χ2n) is 6.94. The highest BCUT2D eigenvalue weighted by atomic mass is 35.5. The van der Waals surface area contributed by atoms with E-state index in [2.05, 4.69) is 39.4 Å². The first-order valence-electron chi connectivity index (χ1n) is 9.47. The molecule has 1 atom stereocenters. The van der Waals surface area contributed by atoms with Gasteiger partial charge in [0.2, 0.25) is 5.91 Å². The van der Waals surface area contributed by atoms with Gasteiger partial charge in [-0.25, -0.2) is 4.39 Å². The molecule has 28 heavy (non-hydrogen) atoms. The van der Waals surface area contributed by atoms with Gasteiger partial charge in [-0.15, -0.1) is 0 Å². The van der Waals surface area contributed by atoms with Crippen molar-refractivity contribution in [2.45, 2.75) is 13.0 Å². The van der Waals surface area contributed by atoms with Crippen molar-refractivity contribution >= 4 is 29.3 Å². The summed E-state index contributed by atoms with van der Waals surface area (Å²) in [5.41, 5.74) is 1.35. The number of benzene rings is 2. The highest BCUT2D eigenvalue weighted by molar-refractivity contribution is 6.30. The third-order valence-electron chi connectivity index (χ3n) is 5.00. The fourth-order valence-electron chi connectivity index (χ4n) is 3.23. The molecule has 1 aliphatic heterocycles. The Morgan fingerprint density at radius 3 is 2.57 bits per heavy atom. The largest absolute Gasteiger partial charge is 0.322 e. The van der Waals surface area contributed by atoms with E-state index in [1.807, 2.05) is 25.1 Å². The van der Waals surface area contributed by atoms with Gasteiger partial charge in [0.15, 0.2) is 0 Å². The average Bonchev–Trinajstić information content (AvgIpc) is 2.71. The molecule has 0 spiro atoms. The zero-order valence-corrected chi connectivity index (χ0v) is 16.7. The molecule has 1 saturated heterocycles. The smallest absolute Gasteiger partial charge is 0.241 e. The predicted octanol–water partition coefficient (Wildman–Crippen LogP) is 4.14. The van der Waals surface area contributed by atoms with Gasteiger partial charge in [-0.1, -0.05) is 54.1 Å². The number of hydrogen-bond donors (Lipinski definition) is 1. The Morgan fingerprint density at radius 1 is 1.18 bits per heavy atom. The molecule has 0 aromatic heterocycles. The molecule has 1 aliphatic rings. The second kappa shape index (κ2) is 9.82. The fourth-order valence-corrected chi connectivity index (χ4v) is 3.39. The van der Waals surface area contributed by atoms with E-state index in [1.54, 1.807) is 6.07 Å². The second-order valence-corrected chi connectivity index (χ2v) is 7.38. The fraction of sp³-hybridized carbons (Fsp3) is 0.318. The van der Waals surface area contributed by atoms with Crippen LogP contribution in [-0.4, -0.2) is 54.5 Å². The molecular weight excluding hydrogens is 377 g/mol. The van der Waals surface area contributed by atoms with Crippen LogP contribution in [0.4, 0.5) is 10.1 Å². The van der Waals surface area contributed by atoms with Crippen LogP contribution < -0.4 is 5.32 Å². The van der Waals surface area contributed by atoms with E-state index in [0.29, 0.717) is 5.02 Å². The molecule has 0 aliphatic carbocycles. The van der Waals surface area contributed by atoms with Crippen LogP contribution in [0, 0.1) is 5.82 Å². The van der Waals surface area contributed by atoms with Gasteiger partial charge in [0.05, 0.1) is 11.7 Å². The molecule has 6 heteroatoms. The summed E-state index contributed by atoms with van der Waals surface area (Å²) >= 11 is 5.75. The van der Waals surface area contributed by atoms with Crippen molar-refractivity contribution in [2.75, 3.05) is 38.0 Å². The van der Waals surface area contributed by atoms with Gasteiger partial charge < -0.3 is 5.32 Å². The van der Waals surface area contributed by atoms with Crippen LogP contribution in [0.5, 0.6) is 0 Å². The van der Waals surface area contributed by atoms with Gasteiger partial charge in [-0.05, 0) is 30.7 Å². The van der Waals surface area contributed by atoms with Crippen LogP contribution in [-0.2, 0) is 4.79 Å². The molecule has 148 valence electrons. The Labute approximate surface area is 170 Å². The summed E-state index contributed by atoms with van der Waals surface area (Å²) in [7, 11) is 0. The number of anilines is 1. The maximum absolute atomic E-state index is 13.9. The van der Waals surface area contributed by atoms with Crippen molar-refractivity contribution < 1.29 is 9.18 Å². The number of rotatable bonds is 6. The van der Waals surface area contributed by atoms with E-state index in [1.165, 1.54) is 17.7 Å². The number of carbonyl (C=O) groups is 1. The summed E-state index contributed by atoms with van der Waals surface area (Å²) in [4.78, 5) is 17.0. The van der Waals surface area contributed by atoms with Crippen LogP contribution in [0.2, 0.25) is 5.02 Å². The first-order chi connectivity index (χ1) is 13.5. The average molecular weight is 402 g/mol. The van der Waals surface area contributed by atoms with E-state index in [-0.39, 0.29) is 17.6 Å². The first kappa shape index (κ1) is 20.5. The Balaban J connectivity index is 1.46. The van der Waals surface area contributed by atoms with Gasteiger partial charge in [0.1, 0.15) is 5.82 Å². The van der Waals surface area contributed by atoms with Crippen LogP contribution in [0.25, 0.3) is 6.08 Å². The number of hydrogen-bond acceptors (Lipinski definition) is 3. The van der Waals surface area contributed by atoms with Gasteiger partial charge >= 0.3 is 0 Å². The number of carbonyl (C=O) groups excluding carboxylic acids is 1. The third-order valence-corrected chi connectivity index (χ3v) is 5.23. The Bertz CT molecular complexity index is 820. The first-order valence-corrected chi connectivity index (χ1v) is 9.84. The summed E-state index contributed by atoms with van der Waals surface area (Å²) in [6.45, 7) is 6.14. The van der Waals surface area contributed by atoms with Crippen molar-refractivity contribution in [1.29, 1.82) is 0 Å². The lowest BCUT2D eigenvalue weighted by Crippen LogP contribution is -2.52. The van der Waals surface area contributed by atoms with Gasteiger partial charge in [-0.3, -0.25) is 14.6 Å². The number of halogens is 2. The van der Waals surface area contributed by atoms with Crippen molar-refractivity contribution in [3.05, 3.63) is 71.0 Å². The van der Waals surface area contributed by atoms with Crippen molar-refractivity contribution in [1.82, 2.24) is 9.80 Å². The zero-order valence-electron chi connectivity index (χ0n) is 15.9. The zero-order chi connectivity index (χ0) is 19.9. The van der Waals surface area contributed by atoms with Crippen LogP contribution >= 0.6 is 11.6 Å². The summed E-state index contributed by atoms with van der Waals surface area (Å²) in [5, 5.41) is 2.97. The van der Waals surface area contributed by atoms with Crippen molar-refractivity contribution in [2.24, 2.45) is 0 Å². The molecule has 3 rings (SSSR count). The molecule has 0 unspecified atom stereocenters. The molecule has 2 aromatic carbocycles. The highest BCUT2D eigenvalue weighted by Crippen LogP contribution is 2.19. The quantitative estimate of drug-likeness (QED) is 0.790. The normalized spacial score (nSPS) is 17.0. The molecule has 1 heterocycles. The van der Waals surface area contributed by atoms with E-state index in [4.69, 9.17) is 11.6 Å². The van der Waals surface area contributed by atoms with Gasteiger partial charge in [0, 0.05) is 37.7 Å². The highest BCUT2D eigenvalue weighted by Gasteiger charge is 2.25. The molecule has 4 nitrogen and oxygen atoms in total. The third kappa shape index (κ3) is 5.64. The number of nitrogens with one attached hydrogen (secondary N) is 1. The standard InChI is InChI=1S/C22H25ClFN3O/c1-17(22(28)25-21-10-9-19(23)16-20(21)24)27-14-12-26(13-15-27)11-5-8-18-6-3-2-4-7-18/h2-10,16-17H,11-15H2,1H3,(H,25,28)/b8-5+/t17-/m0/s1. The Hall–Kier alpha value is -2.21. The van der Waals surface area contributed by atoms with Crippen molar-refractivity contribution in [3.63, 3.8) is 0 Å². The molecule has 1 fully saturated rings. The molecule has 2 aromatic rings. The molecule has 1 amide bonds. The minimum absolute atomic E-state index is 0.158. The summed E-state index contributed by atoms with van der Waals surface area (Å²) in [6, 6.07) is 14.2. The molecule has 0 bridgehead atoms. The topological polar surface area (TPSA) is 35.6 Å². The Morgan fingerprint density at radius 2 is 1.89 bits per heavy atom. The van der Waals surface area contributed by atoms with Crippen molar-refractivity contribution in [3.8, 4) is 0 Å². The van der Waals surface area contributed by atoms with Crippen LogP contribution in [0.3, 0.4) is 0 Å². The van der Waals surface area contributed by atoms with Gasteiger partial charge in [-0.2, -0.15) is 0 Å². The SMILES string of the molecule is C[C@@H](C(=O)Nc1ccc(Cl)cc1F)N1CCN(C/C=C/c2ccccc2)CC1. The lowest BCUT2D eigenvalue weighted by Gasteiger charge is -2.37. The maximum Gasteiger partial charge on any atom is 0.241 e. The lowest BCUT2D eigenvalue weighted by atomic mass is 10.2. The number of amides is 1. The lowest BCUT2D eigenvalue weighted by molar-refractivity contribution is -0.121.